The van der Waals surface area contributed by atoms with Gasteiger partial charge in [-0.1, -0.05) is 53.7 Å². The standard InChI is InChI=1S/C33H24O3/c1-34-31-10-4-7-25(22-31)13-16-28-19-29(17-14-26-8-5-11-32(23-26)35-2)21-30(20-28)18-15-27-9-6-12-33(24-27)36-3/h4-12,19-24H,1-3H3. The fraction of sp³-hybridized carbons (Fsp3) is 0.0909. The summed E-state index contributed by atoms with van der Waals surface area (Å²) in [4.78, 5) is 0. The molecule has 0 saturated heterocycles. The number of benzene rings is 4. The van der Waals surface area contributed by atoms with Crippen molar-refractivity contribution in [1.29, 1.82) is 0 Å². The maximum Gasteiger partial charge on any atom is 0.120 e. The van der Waals surface area contributed by atoms with Crippen molar-refractivity contribution in [2.45, 2.75) is 0 Å². The van der Waals surface area contributed by atoms with Gasteiger partial charge in [-0.2, -0.15) is 0 Å². The molecule has 0 unspecified atom stereocenters. The van der Waals surface area contributed by atoms with Crippen LogP contribution in [0.5, 0.6) is 17.2 Å². The maximum atomic E-state index is 5.30. The van der Waals surface area contributed by atoms with E-state index in [1.807, 2.05) is 91.0 Å². The highest BCUT2D eigenvalue weighted by Crippen LogP contribution is 2.15. The lowest BCUT2D eigenvalue weighted by Gasteiger charge is -2.00. The third kappa shape index (κ3) is 6.74. The number of methoxy groups -OCH3 is 3. The first-order valence-corrected chi connectivity index (χ1v) is 11.3. The van der Waals surface area contributed by atoms with E-state index in [0.29, 0.717) is 0 Å². The van der Waals surface area contributed by atoms with Gasteiger partial charge in [0.25, 0.3) is 0 Å². The Labute approximate surface area is 212 Å². The van der Waals surface area contributed by atoms with Crippen molar-refractivity contribution in [3.63, 3.8) is 0 Å². The van der Waals surface area contributed by atoms with Crippen molar-refractivity contribution in [2.75, 3.05) is 21.3 Å². The third-order valence-corrected chi connectivity index (χ3v) is 5.20. The quantitative estimate of drug-likeness (QED) is 0.350. The average Bonchev–Trinajstić information content (AvgIpc) is 2.94. The van der Waals surface area contributed by atoms with Crippen molar-refractivity contribution in [3.05, 3.63) is 124 Å². The molecule has 0 fully saturated rings. The van der Waals surface area contributed by atoms with E-state index in [1.165, 1.54) is 0 Å². The molecule has 174 valence electrons. The molecule has 0 spiro atoms. The van der Waals surface area contributed by atoms with E-state index in [0.717, 1.165) is 50.6 Å². The second kappa shape index (κ2) is 11.9. The van der Waals surface area contributed by atoms with Gasteiger partial charge in [0.1, 0.15) is 17.2 Å². The minimum atomic E-state index is 0.768. The molecule has 0 amide bonds. The summed E-state index contributed by atoms with van der Waals surface area (Å²) >= 11 is 0. The Bertz CT molecular complexity index is 1360. The molecule has 0 radical (unpaired) electrons. The van der Waals surface area contributed by atoms with Crippen LogP contribution in [0.3, 0.4) is 0 Å². The van der Waals surface area contributed by atoms with Gasteiger partial charge in [-0.05, 0) is 72.8 Å². The molecule has 4 aromatic rings. The van der Waals surface area contributed by atoms with Gasteiger partial charge in [0.2, 0.25) is 0 Å². The number of hydrogen-bond acceptors (Lipinski definition) is 3. The highest BCUT2D eigenvalue weighted by molar-refractivity contribution is 5.56. The number of ether oxygens (including phenoxy) is 3. The Morgan fingerprint density at radius 2 is 0.639 bits per heavy atom. The maximum absolute atomic E-state index is 5.30. The van der Waals surface area contributed by atoms with E-state index in [-0.39, 0.29) is 0 Å². The molecule has 0 aliphatic rings. The van der Waals surface area contributed by atoms with Gasteiger partial charge in [-0.15, -0.1) is 0 Å². The summed E-state index contributed by atoms with van der Waals surface area (Å²) in [5.74, 6) is 21.7. The van der Waals surface area contributed by atoms with Gasteiger partial charge in [0.15, 0.2) is 0 Å². The first kappa shape index (κ1) is 24.1. The Morgan fingerprint density at radius 1 is 0.361 bits per heavy atom. The fourth-order valence-electron chi connectivity index (χ4n) is 3.38. The molecular weight excluding hydrogens is 444 g/mol. The highest BCUT2D eigenvalue weighted by atomic mass is 16.5. The molecule has 4 aromatic carbocycles. The molecule has 0 aliphatic heterocycles. The third-order valence-electron chi connectivity index (χ3n) is 5.20. The molecule has 0 heterocycles. The lowest BCUT2D eigenvalue weighted by atomic mass is 10.0. The Hall–Kier alpha value is -5.04. The second-order valence-electron chi connectivity index (χ2n) is 7.74. The van der Waals surface area contributed by atoms with Crippen LogP contribution < -0.4 is 14.2 Å². The van der Waals surface area contributed by atoms with Crippen LogP contribution in [0.2, 0.25) is 0 Å². The van der Waals surface area contributed by atoms with Crippen LogP contribution >= 0.6 is 0 Å². The zero-order valence-electron chi connectivity index (χ0n) is 20.4. The van der Waals surface area contributed by atoms with Crippen LogP contribution in [-0.2, 0) is 0 Å². The van der Waals surface area contributed by atoms with E-state index in [2.05, 4.69) is 35.5 Å². The fourth-order valence-corrected chi connectivity index (χ4v) is 3.38. The lowest BCUT2D eigenvalue weighted by molar-refractivity contribution is 0.414. The number of rotatable bonds is 3. The van der Waals surface area contributed by atoms with Gasteiger partial charge in [-0.25, -0.2) is 0 Å². The lowest BCUT2D eigenvalue weighted by Crippen LogP contribution is -1.87. The van der Waals surface area contributed by atoms with Gasteiger partial charge < -0.3 is 14.2 Å². The SMILES string of the molecule is COc1cccc(C#Cc2cc(C#Cc3cccc(OC)c3)cc(C#Cc3cccc(OC)c3)c2)c1. The summed E-state index contributed by atoms with van der Waals surface area (Å²) < 4.78 is 15.9. The molecular formula is C33H24O3. The summed E-state index contributed by atoms with van der Waals surface area (Å²) in [6.45, 7) is 0. The predicted octanol–water partition coefficient (Wildman–Crippen LogP) is 5.91. The molecule has 3 nitrogen and oxygen atoms in total. The predicted molar refractivity (Wildman–Crippen MR) is 143 cm³/mol. The van der Waals surface area contributed by atoms with Crippen LogP contribution in [0.1, 0.15) is 33.4 Å². The number of hydrogen-bond donors (Lipinski definition) is 0. The van der Waals surface area contributed by atoms with E-state index < -0.39 is 0 Å². The van der Waals surface area contributed by atoms with Gasteiger partial charge in [0.05, 0.1) is 21.3 Å². The second-order valence-corrected chi connectivity index (χ2v) is 7.74. The van der Waals surface area contributed by atoms with Crippen molar-refractivity contribution in [2.24, 2.45) is 0 Å². The van der Waals surface area contributed by atoms with Gasteiger partial charge in [0, 0.05) is 33.4 Å². The zero-order chi connectivity index (χ0) is 25.2. The monoisotopic (exact) mass is 468 g/mol. The largest absolute Gasteiger partial charge is 0.497 e. The topological polar surface area (TPSA) is 27.7 Å². The first-order valence-electron chi connectivity index (χ1n) is 11.3. The Balaban J connectivity index is 1.72. The molecule has 4 rings (SSSR count). The summed E-state index contributed by atoms with van der Waals surface area (Å²) in [7, 11) is 4.93. The molecule has 0 N–H and O–H groups in total. The smallest absolute Gasteiger partial charge is 0.120 e. The van der Waals surface area contributed by atoms with Crippen LogP contribution in [0.4, 0.5) is 0 Å². The zero-order valence-corrected chi connectivity index (χ0v) is 20.4. The first-order chi connectivity index (χ1) is 17.6. The van der Waals surface area contributed by atoms with Crippen LogP contribution in [0, 0.1) is 35.5 Å². The van der Waals surface area contributed by atoms with Crippen LogP contribution in [0.25, 0.3) is 0 Å². The normalized spacial score (nSPS) is 9.42. The molecule has 0 aliphatic carbocycles. The van der Waals surface area contributed by atoms with E-state index in [9.17, 15) is 0 Å². The van der Waals surface area contributed by atoms with Crippen LogP contribution in [-0.4, -0.2) is 21.3 Å². The van der Waals surface area contributed by atoms with Crippen molar-refractivity contribution >= 4 is 0 Å². The summed E-state index contributed by atoms with van der Waals surface area (Å²) in [6.07, 6.45) is 0. The van der Waals surface area contributed by atoms with Crippen molar-refractivity contribution in [3.8, 4) is 52.8 Å². The van der Waals surface area contributed by atoms with Gasteiger partial charge in [-0.3, -0.25) is 0 Å². The summed E-state index contributed by atoms with van der Waals surface area (Å²) in [6, 6.07) is 28.9. The van der Waals surface area contributed by atoms with E-state index in [1.54, 1.807) is 21.3 Å². The highest BCUT2D eigenvalue weighted by Gasteiger charge is 1.99. The van der Waals surface area contributed by atoms with Gasteiger partial charge >= 0.3 is 0 Å². The van der Waals surface area contributed by atoms with Crippen LogP contribution in [0.15, 0.2) is 91.0 Å². The van der Waals surface area contributed by atoms with E-state index in [4.69, 9.17) is 14.2 Å². The molecule has 3 heteroatoms. The van der Waals surface area contributed by atoms with Crippen molar-refractivity contribution < 1.29 is 14.2 Å². The minimum Gasteiger partial charge on any atom is -0.497 e. The summed E-state index contributed by atoms with van der Waals surface area (Å²) in [5.41, 5.74) is 5.07. The van der Waals surface area contributed by atoms with E-state index >= 15 is 0 Å². The molecule has 0 saturated carbocycles. The minimum absolute atomic E-state index is 0.768. The molecule has 0 bridgehead atoms. The Kier molecular flexibility index (Phi) is 7.96. The molecule has 0 atom stereocenters. The average molecular weight is 469 g/mol. The molecule has 36 heavy (non-hydrogen) atoms. The van der Waals surface area contributed by atoms with Crippen molar-refractivity contribution in [1.82, 2.24) is 0 Å². The molecule has 0 aromatic heterocycles. The summed E-state index contributed by atoms with van der Waals surface area (Å²) in [5, 5.41) is 0. The Morgan fingerprint density at radius 3 is 0.917 bits per heavy atom.